The van der Waals surface area contributed by atoms with Crippen molar-refractivity contribution in [1.82, 2.24) is 0 Å². The molecule has 0 heterocycles. The van der Waals surface area contributed by atoms with Crippen molar-refractivity contribution in [2.24, 2.45) is 0 Å². The Balaban J connectivity index is 2.16. The molecule has 2 rings (SSSR count). The molecule has 0 fully saturated rings. The van der Waals surface area contributed by atoms with Gasteiger partial charge >= 0.3 is 5.97 Å². The summed E-state index contributed by atoms with van der Waals surface area (Å²) >= 11 is 0. The Morgan fingerprint density at radius 3 is 2.43 bits per heavy atom. The maximum absolute atomic E-state index is 11.9. The van der Waals surface area contributed by atoms with Gasteiger partial charge in [-0.05, 0) is 24.6 Å². The standard InChI is InChI=1S/C17H18O4/c1-12-7-9-13(10-8-12)14(17(19)20-2)11-21-16-6-4-3-5-15(16)18/h3-10,14,18H,11H2,1-2H3. The van der Waals surface area contributed by atoms with Gasteiger partial charge < -0.3 is 14.6 Å². The predicted molar refractivity (Wildman–Crippen MR) is 79.5 cm³/mol. The number of carbonyl (C=O) groups excluding carboxylic acids is 1. The molecule has 0 amide bonds. The number of esters is 1. The molecule has 0 saturated heterocycles. The number of hydrogen-bond acceptors (Lipinski definition) is 4. The highest BCUT2D eigenvalue weighted by molar-refractivity contribution is 5.78. The summed E-state index contributed by atoms with van der Waals surface area (Å²) in [4.78, 5) is 11.9. The molecule has 1 N–H and O–H groups in total. The van der Waals surface area contributed by atoms with Crippen molar-refractivity contribution in [3.63, 3.8) is 0 Å². The Morgan fingerprint density at radius 1 is 1.14 bits per heavy atom. The number of ether oxygens (including phenoxy) is 2. The normalized spacial score (nSPS) is 11.7. The number of para-hydroxylation sites is 2. The van der Waals surface area contributed by atoms with Crippen LogP contribution in [0.25, 0.3) is 0 Å². The zero-order chi connectivity index (χ0) is 15.2. The summed E-state index contributed by atoms with van der Waals surface area (Å²) < 4.78 is 10.4. The van der Waals surface area contributed by atoms with E-state index in [9.17, 15) is 9.90 Å². The van der Waals surface area contributed by atoms with Crippen molar-refractivity contribution in [2.45, 2.75) is 12.8 Å². The van der Waals surface area contributed by atoms with Gasteiger partial charge in [-0.3, -0.25) is 4.79 Å². The topological polar surface area (TPSA) is 55.8 Å². The molecule has 0 aliphatic carbocycles. The first-order valence-corrected chi connectivity index (χ1v) is 6.67. The Hall–Kier alpha value is -2.49. The second-order valence-corrected chi connectivity index (χ2v) is 4.77. The summed E-state index contributed by atoms with van der Waals surface area (Å²) in [6, 6.07) is 14.3. The van der Waals surface area contributed by atoms with Gasteiger partial charge in [0.1, 0.15) is 12.5 Å². The van der Waals surface area contributed by atoms with Crippen molar-refractivity contribution in [3.05, 3.63) is 59.7 Å². The van der Waals surface area contributed by atoms with Gasteiger partial charge in [-0.1, -0.05) is 42.0 Å². The van der Waals surface area contributed by atoms with Crippen LogP contribution in [-0.2, 0) is 9.53 Å². The first-order valence-electron chi connectivity index (χ1n) is 6.67. The molecule has 0 radical (unpaired) electrons. The fraction of sp³-hybridized carbons (Fsp3) is 0.235. The third-order valence-electron chi connectivity index (χ3n) is 3.24. The summed E-state index contributed by atoms with van der Waals surface area (Å²) in [7, 11) is 1.35. The highest BCUT2D eigenvalue weighted by Crippen LogP contribution is 2.27. The lowest BCUT2D eigenvalue weighted by atomic mass is 9.99. The van der Waals surface area contributed by atoms with Crippen LogP contribution in [0.4, 0.5) is 0 Å². The lowest BCUT2D eigenvalue weighted by Gasteiger charge is -2.16. The average molecular weight is 286 g/mol. The number of aromatic hydroxyl groups is 1. The number of phenolic OH excluding ortho intramolecular Hbond substituents is 1. The molecule has 4 heteroatoms. The van der Waals surface area contributed by atoms with Gasteiger partial charge in [0.25, 0.3) is 0 Å². The van der Waals surface area contributed by atoms with E-state index >= 15 is 0 Å². The molecule has 1 atom stereocenters. The lowest BCUT2D eigenvalue weighted by molar-refractivity contribution is -0.143. The maximum atomic E-state index is 11.9. The van der Waals surface area contributed by atoms with E-state index in [1.54, 1.807) is 18.2 Å². The van der Waals surface area contributed by atoms with Crippen LogP contribution in [0.3, 0.4) is 0 Å². The Kier molecular flexibility index (Phi) is 4.82. The maximum Gasteiger partial charge on any atom is 0.316 e. The zero-order valence-corrected chi connectivity index (χ0v) is 12.1. The van der Waals surface area contributed by atoms with Gasteiger partial charge in [0.15, 0.2) is 11.5 Å². The van der Waals surface area contributed by atoms with Gasteiger partial charge in [-0.15, -0.1) is 0 Å². The molecule has 1 unspecified atom stereocenters. The summed E-state index contributed by atoms with van der Waals surface area (Å²) in [5.41, 5.74) is 1.94. The Morgan fingerprint density at radius 2 is 1.81 bits per heavy atom. The molecule has 0 aliphatic heterocycles. The van der Waals surface area contributed by atoms with E-state index in [0.29, 0.717) is 5.75 Å². The van der Waals surface area contributed by atoms with Crippen molar-refractivity contribution in [2.75, 3.05) is 13.7 Å². The average Bonchev–Trinajstić information content (AvgIpc) is 2.50. The number of benzene rings is 2. The molecule has 2 aromatic carbocycles. The quantitative estimate of drug-likeness (QED) is 0.858. The number of aryl methyl sites for hydroxylation is 1. The second kappa shape index (κ2) is 6.79. The van der Waals surface area contributed by atoms with E-state index < -0.39 is 5.92 Å². The third-order valence-corrected chi connectivity index (χ3v) is 3.24. The molecule has 0 aromatic heterocycles. The minimum atomic E-state index is -0.532. The fourth-order valence-corrected chi connectivity index (χ4v) is 1.99. The molecular weight excluding hydrogens is 268 g/mol. The number of carbonyl (C=O) groups is 1. The largest absolute Gasteiger partial charge is 0.504 e. The van der Waals surface area contributed by atoms with Gasteiger partial charge in [-0.25, -0.2) is 0 Å². The van der Waals surface area contributed by atoms with Crippen LogP contribution in [-0.4, -0.2) is 24.8 Å². The van der Waals surface area contributed by atoms with E-state index in [1.807, 2.05) is 31.2 Å². The highest BCUT2D eigenvalue weighted by Gasteiger charge is 2.22. The Labute approximate surface area is 123 Å². The van der Waals surface area contributed by atoms with Gasteiger partial charge in [0.05, 0.1) is 7.11 Å². The van der Waals surface area contributed by atoms with E-state index in [1.165, 1.54) is 13.2 Å². The van der Waals surface area contributed by atoms with E-state index in [0.717, 1.165) is 11.1 Å². The number of hydrogen-bond donors (Lipinski definition) is 1. The minimum Gasteiger partial charge on any atom is -0.504 e. The Bertz CT molecular complexity index is 604. The van der Waals surface area contributed by atoms with Gasteiger partial charge in [0, 0.05) is 0 Å². The van der Waals surface area contributed by atoms with E-state index in [-0.39, 0.29) is 18.3 Å². The van der Waals surface area contributed by atoms with E-state index in [4.69, 9.17) is 9.47 Å². The molecule has 110 valence electrons. The highest BCUT2D eigenvalue weighted by atomic mass is 16.5. The second-order valence-electron chi connectivity index (χ2n) is 4.77. The minimum absolute atomic E-state index is 0.0463. The van der Waals surface area contributed by atoms with Gasteiger partial charge in [-0.2, -0.15) is 0 Å². The fourth-order valence-electron chi connectivity index (χ4n) is 1.99. The first-order chi connectivity index (χ1) is 10.1. The molecular formula is C17H18O4. The SMILES string of the molecule is COC(=O)C(COc1ccccc1O)c1ccc(C)cc1. The van der Waals surface area contributed by atoms with Crippen molar-refractivity contribution < 1.29 is 19.4 Å². The predicted octanol–water partition coefficient (Wildman–Crippen LogP) is 3.04. The molecule has 0 spiro atoms. The van der Waals surface area contributed by atoms with Crippen LogP contribution < -0.4 is 4.74 Å². The smallest absolute Gasteiger partial charge is 0.316 e. The number of rotatable bonds is 5. The molecule has 0 saturated carbocycles. The van der Waals surface area contributed by atoms with Crippen molar-refractivity contribution in [1.29, 1.82) is 0 Å². The van der Waals surface area contributed by atoms with Crippen LogP contribution in [0.1, 0.15) is 17.0 Å². The lowest BCUT2D eigenvalue weighted by Crippen LogP contribution is -2.21. The van der Waals surface area contributed by atoms with Crippen molar-refractivity contribution >= 4 is 5.97 Å². The third kappa shape index (κ3) is 3.75. The molecule has 2 aromatic rings. The summed E-state index contributed by atoms with van der Waals surface area (Å²) in [5, 5.41) is 9.68. The van der Waals surface area contributed by atoms with Crippen LogP contribution in [0.5, 0.6) is 11.5 Å². The van der Waals surface area contributed by atoms with Crippen LogP contribution in [0, 0.1) is 6.92 Å². The van der Waals surface area contributed by atoms with Crippen molar-refractivity contribution in [3.8, 4) is 11.5 Å². The summed E-state index contributed by atoms with van der Waals surface area (Å²) in [6.45, 7) is 2.09. The van der Waals surface area contributed by atoms with E-state index in [2.05, 4.69) is 0 Å². The monoisotopic (exact) mass is 286 g/mol. The first kappa shape index (κ1) is 14.9. The van der Waals surface area contributed by atoms with Crippen LogP contribution >= 0.6 is 0 Å². The van der Waals surface area contributed by atoms with Crippen LogP contribution in [0.2, 0.25) is 0 Å². The van der Waals surface area contributed by atoms with Gasteiger partial charge in [0.2, 0.25) is 0 Å². The number of phenols is 1. The zero-order valence-electron chi connectivity index (χ0n) is 12.1. The van der Waals surface area contributed by atoms with Crippen LogP contribution in [0.15, 0.2) is 48.5 Å². The molecule has 0 aliphatic rings. The molecule has 21 heavy (non-hydrogen) atoms. The molecule has 0 bridgehead atoms. The summed E-state index contributed by atoms with van der Waals surface area (Å²) in [5.74, 6) is -0.506. The molecule has 4 nitrogen and oxygen atoms in total. The number of methoxy groups -OCH3 is 1. The summed E-state index contributed by atoms with van der Waals surface area (Å²) in [6.07, 6.45) is 0.